The zero-order valence-electron chi connectivity index (χ0n) is 14.2. The summed E-state index contributed by atoms with van der Waals surface area (Å²) in [5, 5.41) is 0.606. The van der Waals surface area contributed by atoms with E-state index >= 15 is 0 Å². The minimum Gasteiger partial charge on any atom is -0.459 e. The molecule has 1 aromatic heterocycles. The van der Waals surface area contributed by atoms with E-state index in [1.165, 1.54) is 0 Å². The standard InChI is InChI=1S/C20H19ClN2O3/c21-15-9-10-18-16(12-15)22-20(26-18)23-11-5-4-8-17(23)19(24)25-13-14-6-2-1-3-7-14/h1-3,6-7,9-10,12,17H,4-5,8,11,13H2/t17-/m0/s1. The number of ether oxygens (including phenoxy) is 1. The van der Waals surface area contributed by atoms with Crippen LogP contribution < -0.4 is 4.90 Å². The molecule has 0 radical (unpaired) electrons. The van der Waals surface area contributed by atoms with Crippen LogP contribution in [0.15, 0.2) is 52.9 Å². The van der Waals surface area contributed by atoms with Crippen molar-refractivity contribution in [2.45, 2.75) is 31.9 Å². The highest BCUT2D eigenvalue weighted by atomic mass is 35.5. The van der Waals surface area contributed by atoms with Crippen molar-refractivity contribution < 1.29 is 13.9 Å². The Morgan fingerprint density at radius 1 is 1.23 bits per heavy atom. The number of esters is 1. The Bertz CT molecular complexity index is 910. The van der Waals surface area contributed by atoms with Crippen molar-refractivity contribution in [2.75, 3.05) is 11.4 Å². The maximum atomic E-state index is 12.7. The Balaban J connectivity index is 1.52. The zero-order chi connectivity index (χ0) is 17.9. The number of rotatable bonds is 4. The van der Waals surface area contributed by atoms with Gasteiger partial charge in [0, 0.05) is 11.6 Å². The molecule has 4 rings (SSSR count). The number of anilines is 1. The van der Waals surface area contributed by atoms with Gasteiger partial charge in [-0.05, 0) is 43.0 Å². The SMILES string of the molecule is O=C(OCc1ccccc1)[C@@H]1CCCCN1c1nc2cc(Cl)ccc2o1. The summed E-state index contributed by atoms with van der Waals surface area (Å²) in [6, 6.07) is 15.1. The molecule has 1 aliphatic rings. The molecule has 0 N–H and O–H groups in total. The van der Waals surface area contributed by atoms with E-state index in [2.05, 4.69) is 4.98 Å². The van der Waals surface area contributed by atoms with Crippen LogP contribution in [0.25, 0.3) is 11.1 Å². The number of carbonyl (C=O) groups is 1. The lowest BCUT2D eigenvalue weighted by Gasteiger charge is -2.32. The van der Waals surface area contributed by atoms with Crippen LogP contribution in [-0.2, 0) is 16.1 Å². The van der Waals surface area contributed by atoms with Crippen molar-refractivity contribution in [3.05, 3.63) is 59.1 Å². The van der Waals surface area contributed by atoms with Gasteiger partial charge in [0.1, 0.15) is 18.2 Å². The second kappa shape index (κ2) is 7.38. The number of halogens is 1. The number of hydrogen-bond donors (Lipinski definition) is 0. The number of hydrogen-bond acceptors (Lipinski definition) is 5. The van der Waals surface area contributed by atoms with E-state index in [-0.39, 0.29) is 18.6 Å². The lowest BCUT2D eigenvalue weighted by Crippen LogP contribution is -2.45. The first kappa shape index (κ1) is 16.9. The maximum absolute atomic E-state index is 12.7. The van der Waals surface area contributed by atoms with E-state index in [0.717, 1.165) is 24.8 Å². The molecule has 134 valence electrons. The van der Waals surface area contributed by atoms with Gasteiger partial charge in [0.2, 0.25) is 0 Å². The van der Waals surface area contributed by atoms with E-state index in [1.54, 1.807) is 18.2 Å². The van der Waals surface area contributed by atoms with Crippen molar-refractivity contribution in [1.82, 2.24) is 4.98 Å². The Morgan fingerprint density at radius 3 is 2.92 bits per heavy atom. The Hall–Kier alpha value is -2.53. The molecule has 2 heterocycles. The molecule has 0 amide bonds. The van der Waals surface area contributed by atoms with Crippen molar-refractivity contribution in [3.63, 3.8) is 0 Å². The first-order valence-corrected chi connectivity index (χ1v) is 9.12. The number of piperidine rings is 1. The maximum Gasteiger partial charge on any atom is 0.329 e. The molecule has 0 aliphatic carbocycles. The van der Waals surface area contributed by atoms with Gasteiger partial charge >= 0.3 is 5.97 Å². The molecule has 3 aromatic rings. The highest BCUT2D eigenvalue weighted by Crippen LogP contribution is 2.29. The van der Waals surface area contributed by atoms with Crippen molar-refractivity contribution in [1.29, 1.82) is 0 Å². The van der Waals surface area contributed by atoms with E-state index in [1.807, 2.05) is 35.2 Å². The molecule has 0 bridgehead atoms. The molecule has 1 aliphatic heterocycles. The van der Waals surface area contributed by atoms with Gasteiger partial charge in [-0.3, -0.25) is 0 Å². The van der Waals surface area contributed by atoms with Crippen molar-refractivity contribution in [2.24, 2.45) is 0 Å². The summed E-state index contributed by atoms with van der Waals surface area (Å²) in [7, 11) is 0. The molecule has 2 aromatic carbocycles. The molecule has 1 fully saturated rings. The van der Waals surface area contributed by atoms with Crippen LogP contribution in [0.5, 0.6) is 0 Å². The third-order valence-corrected chi connectivity index (χ3v) is 4.82. The average molecular weight is 371 g/mol. The quantitative estimate of drug-likeness (QED) is 0.629. The second-order valence-corrected chi connectivity index (χ2v) is 6.84. The minimum atomic E-state index is -0.379. The molecule has 6 heteroatoms. The Labute approximate surface area is 156 Å². The van der Waals surface area contributed by atoms with Gasteiger partial charge in [0.15, 0.2) is 5.58 Å². The Morgan fingerprint density at radius 2 is 2.08 bits per heavy atom. The van der Waals surface area contributed by atoms with Gasteiger partial charge in [0.25, 0.3) is 6.01 Å². The van der Waals surface area contributed by atoms with Gasteiger partial charge in [-0.25, -0.2) is 4.79 Å². The molecule has 5 nitrogen and oxygen atoms in total. The fraction of sp³-hybridized carbons (Fsp3) is 0.300. The molecule has 0 unspecified atom stereocenters. The molecule has 1 saturated heterocycles. The van der Waals surface area contributed by atoms with Gasteiger partial charge in [-0.1, -0.05) is 41.9 Å². The van der Waals surface area contributed by atoms with Gasteiger partial charge < -0.3 is 14.1 Å². The first-order chi connectivity index (χ1) is 12.7. The van der Waals surface area contributed by atoms with Crippen LogP contribution in [0.4, 0.5) is 6.01 Å². The second-order valence-electron chi connectivity index (χ2n) is 6.41. The van der Waals surface area contributed by atoms with Crippen LogP contribution in [0, 0.1) is 0 Å². The highest BCUT2D eigenvalue weighted by Gasteiger charge is 2.33. The predicted octanol–water partition coefficient (Wildman–Crippen LogP) is 4.58. The summed E-state index contributed by atoms with van der Waals surface area (Å²) in [6.45, 7) is 0.985. The summed E-state index contributed by atoms with van der Waals surface area (Å²) in [5.41, 5.74) is 2.32. The number of fused-ring (bicyclic) bond motifs is 1. The number of oxazole rings is 1. The number of aromatic nitrogens is 1. The number of nitrogens with zero attached hydrogens (tertiary/aromatic N) is 2. The lowest BCUT2D eigenvalue weighted by molar-refractivity contribution is -0.147. The molecular weight excluding hydrogens is 352 g/mol. The first-order valence-electron chi connectivity index (χ1n) is 8.74. The summed E-state index contributed by atoms with van der Waals surface area (Å²) in [6.07, 6.45) is 2.70. The van der Waals surface area contributed by atoms with Gasteiger partial charge in [0.05, 0.1) is 0 Å². The highest BCUT2D eigenvalue weighted by molar-refractivity contribution is 6.31. The fourth-order valence-electron chi connectivity index (χ4n) is 3.24. The summed E-state index contributed by atoms with van der Waals surface area (Å²) in [4.78, 5) is 19.1. The van der Waals surface area contributed by atoms with E-state index in [4.69, 9.17) is 20.8 Å². The topological polar surface area (TPSA) is 55.6 Å². The normalized spacial score (nSPS) is 17.4. The zero-order valence-corrected chi connectivity index (χ0v) is 15.0. The van der Waals surface area contributed by atoms with Crippen molar-refractivity contribution >= 4 is 34.7 Å². The average Bonchev–Trinajstić information content (AvgIpc) is 3.10. The van der Waals surface area contributed by atoms with Crippen LogP contribution >= 0.6 is 11.6 Å². The van der Waals surface area contributed by atoms with E-state index < -0.39 is 0 Å². The minimum absolute atomic E-state index is 0.242. The van der Waals surface area contributed by atoms with Gasteiger partial charge in [-0.2, -0.15) is 4.98 Å². The van der Waals surface area contributed by atoms with Crippen LogP contribution in [0.2, 0.25) is 5.02 Å². The molecule has 26 heavy (non-hydrogen) atoms. The van der Waals surface area contributed by atoms with E-state index in [0.29, 0.717) is 28.7 Å². The fourth-order valence-corrected chi connectivity index (χ4v) is 3.41. The predicted molar refractivity (Wildman–Crippen MR) is 100 cm³/mol. The third kappa shape index (κ3) is 3.53. The monoisotopic (exact) mass is 370 g/mol. The van der Waals surface area contributed by atoms with Crippen molar-refractivity contribution in [3.8, 4) is 0 Å². The summed E-state index contributed by atoms with van der Waals surface area (Å²) in [5.74, 6) is -0.242. The molecule has 0 spiro atoms. The molecule has 0 saturated carbocycles. The smallest absolute Gasteiger partial charge is 0.329 e. The number of carbonyl (C=O) groups excluding carboxylic acids is 1. The summed E-state index contributed by atoms with van der Waals surface area (Å²) < 4.78 is 11.4. The van der Waals surface area contributed by atoms with Crippen LogP contribution in [-0.4, -0.2) is 23.5 Å². The third-order valence-electron chi connectivity index (χ3n) is 4.58. The largest absolute Gasteiger partial charge is 0.459 e. The Kier molecular flexibility index (Phi) is 4.80. The van der Waals surface area contributed by atoms with Crippen LogP contribution in [0.1, 0.15) is 24.8 Å². The van der Waals surface area contributed by atoms with E-state index in [9.17, 15) is 4.79 Å². The molecular formula is C20H19ClN2O3. The van der Waals surface area contributed by atoms with Gasteiger partial charge in [-0.15, -0.1) is 0 Å². The number of benzene rings is 2. The molecule has 1 atom stereocenters. The summed E-state index contributed by atoms with van der Waals surface area (Å²) >= 11 is 6.02. The lowest BCUT2D eigenvalue weighted by atomic mass is 10.0. The van der Waals surface area contributed by atoms with Crippen LogP contribution in [0.3, 0.4) is 0 Å².